The molecule has 1 aliphatic rings. The van der Waals surface area contributed by atoms with E-state index < -0.39 is 0 Å². The van der Waals surface area contributed by atoms with Gasteiger partial charge in [-0.25, -0.2) is 0 Å². The molecule has 0 radical (unpaired) electrons. The van der Waals surface area contributed by atoms with Crippen LogP contribution in [0.4, 0.5) is 0 Å². The molecule has 1 saturated heterocycles. The van der Waals surface area contributed by atoms with Crippen molar-refractivity contribution < 1.29 is 0 Å². The number of hydrogen-bond donors (Lipinski definition) is 1. The molecule has 0 bridgehead atoms. The van der Waals surface area contributed by atoms with E-state index in [0.717, 1.165) is 19.6 Å². The summed E-state index contributed by atoms with van der Waals surface area (Å²) in [5, 5.41) is 3.50. The van der Waals surface area contributed by atoms with Gasteiger partial charge in [-0.3, -0.25) is 4.90 Å². The Balaban J connectivity index is 2.02. The highest BCUT2D eigenvalue weighted by molar-refractivity contribution is 5.21. The molecule has 1 atom stereocenters. The minimum atomic E-state index is 0.359. The summed E-state index contributed by atoms with van der Waals surface area (Å²) >= 11 is 0. The fraction of sp³-hybridized carbons (Fsp3) is 0.625. The first-order chi connectivity index (χ1) is 8.49. The van der Waals surface area contributed by atoms with Gasteiger partial charge in [0.1, 0.15) is 0 Å². The van der Waals surface area contributed by atoms with Crippen LogP contribution in [0.25, 0.3) is 0 Å². The number of benzene rings is 1. The zero-order chi connectivity index (χ0) is 13.2. The molecule has 100 valence electrons. The van der Waals surface area contributed by atoms with Crippen LogP contribution in [0.5, 0.6) is 0 Å². The van der Waals surface area contributed by atoms with Gasteiger partial charge in [0.2, 0.25) is 0 Å². The predicted molar refractivity (Wildman–Crippen MR) is 77.7 cm³/mol. The lowest BCUT2D eigenvalue weighted by Gasteiger charge is -2.44. The number of nitrogens with zero attached hydrogens (tertiary/aromatic N) is 1. The fourth-order valence-corrected chi connectivity index (χ4v) is 3.07. The SMILES string of the molecule is Cc1ccc(CN(C)C2CCNCC2(C)C)cc1. The zero-order valence-corrected chi connectivity index (χ0v) is 12.2. The van der Waals surface area contributed by atoms with Crippen LogP contribution in [-0.2, 0) is 6.54 Å². The van der Waals surface area contributed by atoms with Gasteiger partial charge >= 0.3 is 0 Å². The number of rotatable bonds is 3. The minimum Gasteiger partial charge on any atom is -0.316 e. The van der Waals surface area contributed by atoms with Crippen molar-refractivity contribution in [3.63, 3.8) is 0 Å². The second-order valence-corrected chi connectivity index (χ2v) is 6.37. The summed E-state index contributed by atoms with van der Waals surface area (Å²) in [6.45, 7) is 10.2. The van der Waals surface area contributed by atoms with Crippen LogP contribution >= 0.6 is 0 Å². The second-order valence-electron chi connectivity index (χ2n) is 6.37. The Labute approximate surface area is 111 Å². The summed E-state index contributed by atoms with van der Waals surface area (Å²) in [5.74, 6) is 0. The molecule has 1 unspecified atom stereocenters. The van der Waals surface area contributed by atoms with Gasteiger partial charge in [-0.2, -0.15) is 0 Å². The maximum absolute atomic E-state index is 3.50. The topological polar surface area (TPSA) is 15.3 Å². The van der Waals surface area contributed by atoms with Crippen molar-refractivity contribution in [1.29, 1.82) is 0 Å². The Kier molecular flexibility index (Phi) is 4.08. The summed E-state index contributed by atoms with van der Waals surface area (Å²) in [6, 6.07) is 9.58. The highest BCUT2D eigenvalue weighted by Crippen LogP contribution is 2.29. The van der Waals surface area contributed by atoms with Crippen LogP contribution in [0.15, 0.2) is 24.3 Å². The zero-order valence-electron chi connectivity index (χ0n) is 12.2. The van der Waals surface area contributed by atoms with Crippen molar-refractivity contribution in [1.82, 2.24) is 10.2 Å². The average molecular weight is 246 g/mol. The summed E-state index contributed by atoms with van der Waals surface area (Å²) in [7, 11) is 2.26. The molecule has 0 amide bonds. The molecule has 0 saturated carbocycles. The van der Waals surface area contributed by atoms with Crippen LogP contribution in [0.1, 0.15) is 31.4 Å². The molecule has 1 aromatic rings. The molecule has 0 aromatic heterocycles. The van der Waals surface area contributed by atoms with E-state index in [9.17, 15) is 0 Å². The number of piperidine rings is 1. The van der Waals surface area contributed by atoms with Gasteiger partial charge in [-0.15, -0.1) is 0 Å². The van der Waals surface area contributed by atoms with Crippen molar-refractivity contribution in [2.24, 2.45) is 5.41 Å². The Morgan fingerprint density at radius 2 is 1.94 bits per heavy atom. The molecule has 1 aromatic carbocycles. The van der Waals surface area contributed by atoms with Crippen LogP contribution in [0, 0.1) is 12.3 Å². The fourth-order valence-electron chi connectivity index (χ4n) is 3.07. The standard InChI is InChI=1S/C16H26N2/c1-13-5-7-14(8-6-13)11-18(4)15-9-10-17-12-16(15,2)3/h5-8,15,17H,9-12H2,1-4H3. The van der Waals surface area contributed by atoms with Gasteiger partial charge in [0.15, 0.2) is 0 Å². The third-order valence-electron chi connectivity index (χ3n) is 4.16. The first-order valence-electron chi connectivity index (χ1n) is 6.95. The van der Waals surface area contributed by atoms with Gasteiger partial charge in [-0.1, -0.05) is 43.7 Å². The molecule has 2 heteroatoms. The van der Waals surface area contributed by atoms with E-state index in [1.54, 1.807) is 0 Å². The smallest absolute Gasteiger partial charge is 0.0233 e. The second kappa shape index (κ2) is 5.41. The number of hydrogen-bond acceptors (Lipinski definition) is 2. The maximum Gasteiger partial charge on any atom is 0.0233 e. The highest BCUT2D eigenvalue weighted by Gasteiger charge is 2.34. The van der Waals surface area contributed by atoms with E-state index in [1.165, 1.54) is 17.5 Å². The van der Waals surface area contributed by atoms with Crippen molar-refractivity contribution in [2.45, 2.75) is 39.8 Å². The van der Waals surface area contributed by atoms with Crippen LogP contribution in [-0.4, -0.2) is 31.1 Å². The quantitative estimate of drug-likeness (QED) is 0.882. The van der Waals surface area contributed by atoms with Gasteiger partial charge in [-0.05, 0) is 37.9 Å². The largest absolute Gasteiger partial charge is 0.316 e. The molecule has 1 heterocycles. The van der Waals surface area contributed by atoms with Crippen molar-refractivity contribution >= 4 is 0 Å². The monoisotopic (exact) mass is 246 g/mol. The van der Waals surface area contributed by atoms with Crippen LogP contribution < -0.4 is 5.32 Å². The van der Waals surface area contributed by atoms with Gasteiger partial charge < -0.3 is 5.32 Å². The van der Waals surface area contributed by atoms with E-state index >= 15 is 0 Å². The van der Waals surface area contributed by atoms with E-state index in [2.05, 4.69) is 62.3 Å². The van der Waals surface area contributed by atoms with Crippen molar-refractivity contribution in [2.75, 3.05) is 20.1 Å². The summed E-state index contributed by atoms with van der Waals surface area (Å²) in [5.41, 5.74) is 3.11. The lowest BCUT2D eigenvalue weighted by Crippen LogP contribution is -2.53. The Bertz CT molecular complexity index is 381. The first-order valence-corrected chi connectivity index (χ1v) is 6.95. The van der Waals surface area contributed by atoms with Crippen LogP contribution in [0.2, 0.25) is 0 Å². The lowest BCUT2D eigenvalue weighted by molar-refractivity contribution is 0.0745. The summed E-state index contributed by atoms with van der Waals surface area (Å²) < 4.78 is 0. The molecule has 18 heavy (non-hydrogen) atoms. The van der Waals surface area contributed by atoms with Crippen molar-refractivity contribution in [3.8, 4) is 0 Å². The molecule has 0 aliphatic carbocycles. The van der Waals surface area contributed by atoms with E-state index in [-0.39, 0.29) is 0 Å². The minimum absolute atomic E-state index is 0.359. The molecule has 0 spiro atoms. The Morgan fingerprint density at radius 3 is 2.56 bits per heavy atom. The normalized spacial score (nSPS) is 23.3. The number of aryl methyl sites for hydroxylation is 1. The first kappa shape index (κ1) is 13.6. The van der Waals surface area contributed by atoms with E-state index in [0.29, 0.717) is 11.5 Å². The molecular formula is C16H26N2. The summed E-state index contributed by atoms with van der Waals surface area (Å²) in [4.78, 5) is 2.52. The van der Waals surface area contributed by atoms with Crippen molar-refractivity contribution in [3.05, 3.63) is 35.4 Å². The van der Waals surface area contributed by atoms with Gasteiger partial charge in [0.25, 0.3) is 0 Å². The van der Waals surface area contributed by atoms with E-state index in [4.69, 9.17) is 0 Å². The molecular weight excluding hydrogens is 220 g/mol. The molecule has 1 aliphatic heterocycles. The van der Waals surface area contributed by atoms with E-state index in [1.807, 2.05) is 0 Å². The predicted octanol–water partition coefficient (Wildman–Crippen LogP) is 2.81. The maximum atomic E-state index is 3.50. The number of nitrogens with one attached hydrogen (secondary N) is 1. The average Bonchev–Trinajstić information content (AvgIpc) is 2.31. The van der Waals surface area contributed by atoms with Gasteiger partial charge in [0.05, 0.1) is 0 Å². The Hall–Kier alpha value is -0.860. The third kappa shape index (κ3) is 3.12. The molecule has 2 nitrogen and oxygen atoms in total. The van der Waals surface area contributed by atoms with Crippen LogP contribution in [0.3, 0.4) is 0 Å². The molecule has 1 N–H and O–H groups in total. The Morgan fingerprint density at radius 1 is 1.28 bits per heavy atom. The molecule has 1 fully saturated rings. The summed E-state index contributed by atoms with van der Waals surface area (Å²) in [6.07, 6.45) is 1.25. The highest BCUT2D eigenvalue weighted by atomic mass is 15.2. The van der Waals surface area contributed by atoms with Gasteiger partial charge in [0, 0.05) is 19.1 Å². The molecule has 2 rings (SSSR count). The third-order valence-corrected chi connectivity index (χ3v) is 4.16. The lowest BCUT2D eigenvalue weighted by atomic mass is 9.79.